The van der Waals surface area contributed by atoms with Crippen LogP contribution in [0.15, 0.2) is 24.3 Å². The fourth-order valence-corrected chi connectivity index (χ4v) is 2.41. The summed E-state index contributed by atoms with van der Waals surface area (Å²) in [5.41, 5.74) is 4.93. The summed E-state index contributed by atoms with van der Waals surface area (Å²) in [7, 11) is 3.88. The molecular weight excluding hydrogens is 238 g/mol. The van der Waals surface area contributed by atoms with Gasteiger partial charge in [-0.3, -0.25) is 5.43 Å². The minimum atomic E-state index is 0.455. The number of nitrogens with zero attached hydrogens (tertiary/aromatic N) is 2. The number of hydrogen-bond acceptors (Lipinski definition) is 4. The molecule has 1 aliphatic rings. The van der Waals surface area contributed by atoms with Gasteiger partial charge in [-0.15, -0.1) is 0 Å². The van der Waals surface area contributed by atoms with Gasteiger partial charge in [0.25, 0.3) is 0 Å². The summed E-state index contributed by atoms with van der Waals surface area (Å²) < 4.78 is 5.18. The van der Waals surface area contributed by atoms with Crippen molar-refractivity contribution in [3.63, 3.8) is 0 Å². The van der Waals surface area contributed by atoms with Crippen LogP contribution in [0.4, 0.5) is 0 Å². The molecule has 1 heterocycles. The van der Waals surface area contributed by atoms with Crippen molar-refractivity contribution >= 4 is 0 Å². The molecule has 106 valence electrons. The average Bonchev–Trinajstić information content (AvgIpc) is 2.42. The van der Waals surface area contributed by atoms with E-state index in [1.54, 1.807) is 7.11 Å². The maximum absolute atomic E-state index is 5.18. The molecule has 0 bridgehead atoms. The molecule has 1 N–H and O–H groups in total. The fraction of sp³-hybridized carbons (Fsp3) is 0.600. The standard InChI is InChI=1S/C15H25N3O/c1-13(16-18-10-8-17(2)9-11-18)12-14-4-6-15(19-3)7-5-14/h4-7,13,16H,8-12H2,1-3H3. The van der Waals surface area contributed by atoms with Crippen LogP contribution in [0.1, 0.15) is 12.5 Å². The molecule has 0 saturated carbocycles. The van der Waals surface area contributed by atoms with E-state index in [4.69, 9.17) is 4.74 Å². The monoisotopic (exact) mass is 263 g/mol. The van der Waals surface area contributed by atoms with Gasteiger partial charge in [-0.2, -0.15) is 0 Å². The summed E-state index contributed by atoms with van der Waals surface area (Å²) in [5, 5.41) is 2.34. The zero-order valence-corrected chi connectivity index (χ0v) is 12.2. The lowest BCUT2D eigenvalue weighted by atomic mass is 10.1. The Kier molecular flexibility index (Phi) is 5.19. The smallest absolute Gasteiger partial charge is 0.118 e. The maximum atomic E-state index is 5.18. The van der Waals surface area contributed by atoms with E-state index in [-0.39, 0.29) is 0 Å². The van der Waals surface area contributed by atoms with Gasteiger partial charge in [0.05, 0.1) is 7.11 Å². The molecule has 0 spiro atoms. The first kappa shape index (κ1) is 14.3. The lowest BCUT2D eigenvalue weighted by molar-refractivity contribution is 0.0899. The van der Waals surface area contributed by atoms with E-state index in [1.165, 1.54) is 5.56 Å². The molecular formula is C15H25N3O. The van der Waals surface area contributed by atoms with Crippen molar-refractivity contribution in [2.75, 3.05) is 40.3 Å². The predicted molar refractivity (Wildman–Crippen MR) is 78.4 cm³/mol. The fourth-order valence-electron chi connectivity index (χ4n) is 2.41. The van der Waals surface area contributed by atoms with E-state index in [2.05, 4.69) is 41.4 Å². The first-order chi connectivity index (χ1) is 9.17. The van der Waals surface area contributed by atoms with Crippen LogP contribution >= 0.6 is 0 Å². The molecule has 0 radical (unpaired) electrons. The van der Waals surface area contributed by atoms with E-state index in [0.29, 0.717) is 6.04 Å². The highest BCUT2D eigenvalue weighted by molar-refractivity contribution is 5.27. The lowest BCUT2D eigenvalue weighted by Crippen LogP contribution is -2.53. The number of piperazine rings is 1. The largest absolute Gasteiger partial charge is 0.497 e. The molecule has 19 heavy (non-hydrogen) atoms. The number of benzene rings is 1. The van der Waals surface area contributed by atoms with Crippen LogP contribution in [0.25, 0.3) is 0 Å². The Morgan fingerprint density at radius 3 is 2.37 bits per heavy atom. The van der Waals surface area contributed by atoms with E-state index in [0.717, 1.165) is 38.3 Å². The second-order valence-corrected chi connectivity index (χ2v) is 5.37. The van der Waals surface area contributed by atoms with Gasteiger partial charge >= 0.3 is 0 Å². The van der Waals surface area contributed by atoms with Gasteiger partial charge in [-0.1, -0.05) is 12.1 Å². The van der Waals surface area contributed by atoms with Gasteiger partial charge in [0, 0.05) is 32.2 Å². The van der Waals surface area contributed by atoms with Crippen molar-refractivity contribution < 1.29 is 4.74 Å². The number of nitrogens with one attached hydrogen (secondary N) is 1. The Bertz CT molecular complexity index is 371. The summed E-state index contributed by atoms with van der Waals surface area (Å²) in [6, 6.07) is 8.79. The molecule has 0 amide bonds. The second kappa shape index (κ2) is 6.89. The molecule has 1 fully saturated rings. The van der Waals surface area contributed by atoms with Crippen molar-refractivity contribution in [2.45, 2.75) is 19.4 Å². The van der Waals surface area contributed by atoms with Gasteiger partial charge in [-0.05, 0) is 38.1 Å². The summed E-state index contributed by atoms with van der Waals surface area (Å²) in [5.74, 6) is 0.920. The Morgan fingerprint density at radius 2 is 1.79 bits per heavy atom. The van der Waals surface area contributed by atoms with Crippen molar-refractivity contribution in [3.05, 3.63) is 29.8 Å². The third kappa shape index (κ3) is 4.49. The van der Waals surface area contributed by atoms with Crippen LogP contribution in [0, 0.1) is 0 Å². The molecule has 1 atom stereocenters. The van der Waals surface area contributed by atoms with E-state index in [1.807, 2.05) is 12.1 Å². The SMILES string of the molecule is COc1ccc(CC(C)NN2CCN(C)CC2)cc1. The Morgan fingerprint density at radius 1 is 1.16 bits per heavy atom. The Hall–Kier alpha value is -1.10. The van der Waals surface area contributed by atoms with Gasteiger partial charge < -0.3 is 9.64 Å². The molecule has 0 aliphatic carbocycles. The highest BCUT2D eigenvalue weighted by Gasteiger charge is 2.15. The Labute approximate surface area is 116 Å². The maximum Gasteiger partial charge on any atom is 0.118 e. The zero-order chi connectivity index (χ0) is 13.7. The molecule has 2 rings (SSSR count). The number of ether oxygens (including phenoxy) is 1. The molecule has 4 nitrogen and oxygen atoms in total. The van der Waals surface area contributed by atoms with E-state index < -0.39 is 0 Å². The van der Waals surface area contributed by atoms with Gasteiger partial charge in [-0.25, -0.2) is 5.01 Å². The summed E-state index contributed by atoms with van der Waals surface area (Å²) in [6.07, 6.45) is 1.04. The minimum Gasteiger partial charge on any atom is -0.497 e. The molecule has 1 saturated heterocycles. The molecule has 1 unspecified atom stereocenters. The number of hydrogen-bond donors (Lipinski definition) is 1. The first-order valence-corrected chi connectivity index (χ1v) is 7.00. The average molecular weight is 263 g/mol. The van der Waals surface area contributed by atoms with Gasteiger partial charge in [0.2, 0.25) is 0 Å². The van der Waals surface area contributed by atoms with E-state index in [9.17, 15) is 0 Å². The van der Waals surface area contributed by atoms with Crippen molar-refractivity contribution in [2.24, 2.45) is 0 Å². The number of hydrazine groups is 1. The van der Waals surface area contributed by atoms with E-state index >= 15 is 0 Å². The topological polar surface area (TPSA) is 27.7 Å². The Balaban J connectivity index is 1.78. The summed E-state index contributed by atoms with van der Waals surface area (Å²) >= 11 is 0. The van der Waals surface area contributed by atoms with Gasteiger partial charge in [0.15, 0.2) is 0 Å². The highest BCUT2D eigenvalue weighted by atomic mass is 16.5. The minimum absolute atomic E-state index is 0.455. The van der Waals surface area contributed by atoms with Crippen LogP contribution in [-0.2, 0) is 6.42 Å². The van der Waals surface area contributed by atoms with Crippen LogP contribution < -0.4 is 10.2 Å². The quantitative estimate of drug-likeness (QED) is 0.868. The molecule has 1 aliphatic heterocycles. The zero-order valence-electron chi connectivity index (χ0n) is 12.2. The van der Waals surface area contributed by atoms with Crippen LogP contribution in [0.5, 0.6) is 5.75 Å². The van der Waals surface area contributed by atoms with Gasteiger partial charge in [0.1, 0.15) is 5.75 Å². The third-order valence-electron chi connectivity index (χ3n) is 3.61. The molecule has 4 heteroatoms. The summed E-state index contributed by atoms with van der Waals surface area (Å²) in [4.78, 5) is 2.37. The van der Waals surface area contributed by atoms with Crippen LogP contribution in [-0.4, -0.2) is 56.3 Å². The molecule has 1 aromatic rings. The van der Waals surface area contributed by atoms with Crippen LogP contribution in [0.3, 0.4) is 0 Å². The van der Waals surface area contributed by atoms with Crippen molar-refractivity contribution in [3.8, 4) is 5.75 Å². The third-order valence-corrected chi connectivity index (χ3v) is 3.61. The predicted octanol–water partition coefficient (Wildman–Crippen LogP) is 1.38. The molecule has 0 aromatic heterocycles. The number of methoxy groups -OCH3 is 1. The first-order valence-electron chi connectivity index (χ1n) is 7.00. The number of rotatable bonds is 5. The second-order valence-electron chi connectivity index (χ2n) is 5.37. The van der Waals surface area contributed by atoms with Crippen molar-refractivity contribution in [1.29, 1.82) is 0 Å². The lowest BCUT2D eigenvalue weighted by Gasteiger charge is -2.34. The highest BCUT2D eigenvalue weighted by Crippen LogP contribution is 2.12. The number of likely N-dealkylation sites (N-methyl/N-ethyl adjacent to an activating group) is 1. The summed E-state index contributed by atoms with van der Waals surface area (Å²) in [6.45, 7) is 6.72. The van der Waals surface area contributed by atoms with Crippen LogP contribution in [0.2, 0.25) is 0 Å². The normalized spacial score (nSPS) is 19.3. The molecule has 1 aromatic carbocycles. The van der Waals surface area contributed by atoms with Crippen molar-refractivity contribution in [1.82, 2.24) is 15.3 Å².